The molecule has 2 rings (SSSR count). The maximum atomic E-state index is 12.4. The van der Waals surface area contributed by atoms with Gasteiger partial charge in [-0.15, -0.1) is 0 Å². The van der Waals surface area contributed by atoms with Crippen LogP contribution in [0.25, 0.3) is 0 Å². The molecule has 2 aromatic rings. The van der Waals surface area contributed by atoms with E-state index in [1.54, 1.807) is 24.3 Å². The molecule has 20 heavy (non-hydrogen) atoms. The normalized spacial score (nSPS) is 11.0. The van der Waals surface area contributed by atoms with E-state index >= 15 is 0 Å². The molecule has 0 aliphatic rings. The minimum atomic E-state index is -4.38. The quantitative estimate of drug-likeness (QED) is 0.857. The number of aliphatic hydroxyl groups excluding tert-OH is 1. The minimum Gasteiger partial charge on any atom is -0.384 e. The van der Waals surface area contributed by atoms with Crippen molar-refractivity contribution in [2.45, 2.75) is 12.7 Å². The van der Waals surface area contributed by atoms with Crippen molar-refractivity contribution in [3.8, 4) is 11.8 Å². The lowest BCUT2D eigenvalue weighted by Gasteiger charge is -2.03. The third-order valence-electron chi connectivity index (χ3n) is 2.54. The van der Waals surface area contributed by atoms with E-state index < -0.39 is 11.7 Å². The number of halogens is 3. The zero-order chi connectivity index (χ0) is 14.6. The van der Waals surface area contributed by atoms with E-state index in [9.17, 15) is 13.2 Å². The highest BCUT2D eigenvalue weighted by Gasteiger charge is 2.32. The molecule has 104 valence electrons. The van der Waals surface area contributed by atoms with Gasteiger partial charge in [0, 0.05) is 11.8 Å². The summed E-state index contributed by atoms with van der Waals surface area (Å²) in [4.78, 5) is 0. The molecular weight excluding hydrogens is 269 g/mol. The lowest BCUT2D eigenvalue weighted by molar-refractivity contribution is -0.137. The Balaban J connectivity index is 2.16. The highest BCUT2D eigenvalue weighted by molar-refractivity contribution is 5.37. The molecule has 1 aromatic carbocycles. The largest absolute Gasteiger partial charge is 0.419 e. The first kappa shape index (κ1) is 14.2. The van der Waals surface area contributed by atoms with E-state index in [2.05, 4.69) is 16.9 Å². The second kappa shape index (κ2) is 5.80. The molecule has 0 unspecified atom stereocenters. The van der Waals surface area contributed by atoms with Gasteiger partial charge in [0.15, 0.2) is 0 Å². The second-order valence-electron chi connectivity index (χ2n) is 4.08. The summed E-state index contributed by atoms with van der Waals surface area (Å²) >= 11 is 0. The Morgan fingerprint density at radius 3 is 2.75 bits per heavy atom. The standard InChI is InChI=1S/C14H11F3N2O/c15-14(16,17)13-8-18-19(10-13)9-12-4-1-3-11(7-12)5-2-6-20/h1,3-4,7-8,10,20H,6,9H2. The van der Waals surface area contributed by atoms with Crippen LogP contribution in [0.2, 0.25) is 0 Å². The molecule has 0 radical (unpaired) electrons. The fourth-order valence-electron chi connectivity index (χ4n) is 1.67. The first-order valence-corrected chi connectivity index (χ1v) is 5.77. The van der Waals surface area contributed by atoms with Gasteiger partial charge < -0.3 is 5.11 Å². The number of rotatable bonds is 2. The smallest absolute Gasteiger partial charge is 0.384 e. The lowest BCUT2D eigenvalue weighted by Crippen LogP contribution is -2.04. The highest BCUT2D eigenvalue weighted by atomic mass is 19.4. The molecule has 0 fully saturated rings. The van der Waals surface area contributed by atoms with Gasteiger partial charge in [0.25, 0.3) is 0 Å². The fourth-order valence-corrected chi connectivity index (χ4v) is 1.67. The van der Waals surface area contributed by atoms with E-state index in [0.29, 0.717) is 5.56 Å². The Hall–Kier alpha value is -2.26. The highest BCUT2D eigenvalue weighted by Crippen LogP contribution is 2.28. The summed E-state index contributed by atoms with van der Waals surface area (Å²) in [6.07, 6.45) is -2.62. The number of benzene rings is 1. The van der Waals surface area contributed by atoms with E-state index in [1.807, 2.05) is 0 Å². The maximum Gasteiger partial charge on any atom is 0.419 e. The van der Waals surface area contributed by atoms with Crippen LogP contribution in [0.1, 0.15) is 16.7 Å². The van der Waals surface area contributed by atoms with Crippen LogP contribution in [-0.2, 0) is 12.7 Å². The predicted octanol–water partition coefficient (Wildman–Crippen LogP) is 2.29. The van der Waals surface area contributed by atoms with Crippen molar-refractivity contribution >= 4 is 0 Å². The first-order chi connectivity index (χ1) is 9.49. The van der Waals surface area contributed by atoms with Crippen LogP contribution in [0.5, 0.6) is 0 Å². The Morgan fingerprint density at radius 2 is 2.10 bits per heavy atom. The van der Waals surface area contributed by atoms with Crippen molar-refractivity contribution in [3.63, 3.8) is 0 Å². The van der Waals surface area contributed by atoms with Gasteiger partial charge in [0.2, 0.25) is 0 Å². The molecule has 0 aliphatic carbocycles. The van der Waals surface area contributed by atoms with Gasteiger partial charge in [-0.05, 0) is 17.7 Å². The zero-order valence-electron chi connectivity index (χ0n) is 10.4. The molecule has 1 aromatic heterocycles. The van der Waals surface area contributed by atoms with Crippen molar-refractivity contribution in [2.24, 2.45) is 0 Å². The number of aromatic nitrogens is 2. The molecule has 1 N–H and O–H groups in total. The molecule has 3 nitrogen and oxygen atoms in total. The molecule has 0 saturated carbocycles. The van der Waals surface area contributed by atoms with Gasteiger partial charge in [-0.2, -0.15) is 18.3 Å². The summed E-state index contributed by atoms with van der Waals surface area (Å²) in [6, 6.07) is 7.04. The fraction of sp³-hybridized carbons (Fsp3) is 0.214. The van der Waals surface area contributed by atoms with Crippen LogP contribution < -0.4 is 0 Å². The molecule has 6 heteroatoms. The van der Waals surface area contributed by atoms with Gasteiger partial charge in [-0.3, -0.25) is 4.68 Å². The Morgan fingerprint density at radius 1 is 1.30 bits per heavy atom. The average molecular weight is 280 g/mol. The third kappa shape index (κ3) is 3.62. The molecule has 0 atom stereocenters. The molecule has 0 bridgehead atoms. The van der Waals surface area contributed by atoms with E-state index in [1.165, 1.54) is 4.68 Å². The van der Waals surface area contributed by atoms with E-state index in [-0.39, 0.29) is 13.2 Å². The lowest BCUT2D eigenvalue weighted by atomic mass is 10.1. The molecule has 0 aliphatic heterocycles. The predicted molar refractivity (Wildman–Crippen MR) is 66.7 cm³/mol. The topological polar surface area (TPSA) is 38.0 Å². The third-order valence-corrected chi connectivity index (χ3v) is 2.54. The van der Waals surface area contributed by atoms with Gasteiger partial charge in [0.1, 0.15) is 6.61 Å². The van der Waals surface area contributed by atoms with E-state index in [0.717, 1.165) is 18.0 Å². The maximum absolute atomic E-state index is 12.4. The van der Waals surface area contributed by atoms with E-state index in [4.69, 9.17) is 5.11 Å². The van der Waals surface area contributed by atoms with Gasteiger partial charge in [-0.1, -0.05) is 24.0 Å². The van der Waals surface area contributed by atoms with Crippen LogP contribution in [0.15, 0.2) is 36.7 Å². The number of nitrogens with zero attached hydrogens (tertiary/aromatic N) is 2. The summed E-state index contributed by atoms with van der Waals surface area (Å²) in [5.41, 5.74) is 0.708. The minimum absolute atomic E-state index is 0.227. The second-order valence-corrected chi connectivity index (χ2v) is 4.08. The molecule has 1 heterocycles. The number of hydrogen-bond acceptors (Lipinski definition) is 2. The van der Waals surface area contributed by atoms with Crippen molar-refractivity contribution < 1.29 is 18.3 Å². The van der Waals surface area contributed by atoms with Gasteiger partial charge in [0.05, 0.1) is 18.3 Å². The summed E-state index contributed by atoms with van der Waals surface area (Å²) in [5, 5.41) is 12.3. The van der Waals surface area contributed by atoms with Crippen molar-refractivity contribution in [2.75, 3.05) is 6.61 Å². The summed E-state index contributed by atoms with van der Waals surface area (Å²) in [5.74, 6) is 5.25. The summed E-state index contributed by atoms with van der Waals surface area (Å²) in [7, 11) is 0. The molecule has 0 saturated heterocycles. The first-order valence-electron chi connectivity index (χ1n) is 5.77. The van der Waals surface area contributed by atoms with Crippen LogP contribution in [0, 0.1) is 11.8 Å². The molecule has 0 spiro atoms. The number of alkyl halides is 3. The van der Waals surface area contributed by atoms with Crippen LogP contribution >= 0.6 is 0 Å². The monoisotopic (exact) mass is 280 g/mol. The van der Waals surface area contributed by atoms with Crippen molar-refractivity contribution in [1.29, 1.82) is 0 Å². The number of hydrogen-bond donors (Lipinski definition) is 1. The van der Waals surface area contributed by atoms with Crippen LogP contribution in [0.4, 0.5) is 13.2 Å². The van der Waals surface area contributed by atoms with Crippen LogP contribution in [0.3, 0.4) is 0 Å². The van der Waals surface area contributed by atoms with Gasteiger partial charge in [-0.25, -0.2) is 0 Å². The summed E-state index contributed by atoms with van der Waals surface area (Å²) < 4.78 is 38.6. The van der Waals surface area contributed by atoms with Gasteiger partial charge >= 0.3 is 6.18 Å². The molecular formula is C14H11F3N2O. The zero-order valence-corrected chi connectivity index (χ0v) is 10.4. The summed E-state index contributed by atoms with van der Waals surface area (Å²) in [6.45, 7) is -0.0109. The Kier molecular flexibility index (Phi) is 4.11. The van der Waals surface area contributed by atoms with Crippen molar-refractivity contribution in [1.82, 2.24) is 9.78 Å². The van der Waals surface area contributed by atoms with Crippen LogP contribution in [-0.4, -0.2) is 21.5 Å². The SMILES string of the molecule is OCC#Cc1cccc(Cn2cc(C(F)(F)F)cn2)c1. The average Bonchev–Trinajstić information content (AvgIpc) is 2.85. The Bertz CT molecular complexity index is 650. The Labute approximate surface area is 113 Å². The molecule has 0 amide bonds. The van der Waals surface area contributed by atoms with Crippen molar-refractivity contribution in [3.05, 3.63) is 53.3 Å². The number of aliphatic hydroxyl groups is 1.